The molecule has 15 heavy (non-hydrogen) atoms. The second-order valence-corrected chi connectivity index (χ2v) is 4.31. The van der Waals surface area contributed by atoms with Gasteiger partial charge in [-0.25, -0.2) is 14.8 Å². The molecule has 2 rings (SSSR count). The van der Waals surface area contributed by atoms with Gasteiger partial charge in [-0.15, -0.1) is 0 Å². The van der Waals surface area contributed by atoms with Crippen molar-refractivity contribution in [2.45, 2.75) is 18.9 Å². The molecule has 0 radical (unpaired) electrons. The number of carboxylic acid groups (broad SMARTS) is 1. The summed E-state index contributed by atoms with van der Waals surface area (Å²) in [6.07, 6.45) is 4.78. The van der Waals surface area contributed by atoms with E-state index in [0.717, 1.165) is 10.9 Å². The lowest BCUT2D eigenvalue weighted by Gasteiger charge is -2.20. The molecule has 1 aliphatic heterocycles. The van der Waals surface area contributed by atoms with Gasteiger partial charge in [0.05, 0.1) is 4.47 Å². The Bertz CT molecular complexity index is 368. The number of anilines is 1. The fraction of sp³-hybridized carbons (Fsp3) is 0.444. The molecule has 1 aromatic heterocycles. The predicted octanol–water partition coefficient (Wildman–Crippen LogP) is 1.29. The molecule has 1 saturated heterocycles. The Morgan fingerprint density at radius 1 is 1.53 bits per heavy atom. The number of hydrogen-bond donors (Lipinski definition) is 1. The Morgan fingerprint density at radius 3 is 2.80 bits per heavy atom. The average molecular weight is 272 g/mol. The van der Waals surface area contributed by atoms with Crippen LogP contribution in [0.15, 0.2) is 16.9 Å². The maximum Gasteiger partial charge on any atom is 0.326 e. The van der Waals surface area contributed by atoms with E-state index in [0.29, 0.717) is 18.9 Å². The first-order valence-corrected chi connectivity index (χ1v) is 5.45. The summed E-state index contributed by atoms with van der Waals surface area (Å²) >= 11 is 3.24. The van der Waals surface area contributed by atoms with Crippen molar-refractivity contribution in [1.29, 1.82) is 0 Å². The van der Waals surface area contributed by atoms with Crippen LogP contribution in [0.25, 0.3) is 0 Å². The van der Waals surface area contributed by atoms with Crippen LogP contribution in [0.2, 0.25) is 0 Å². The van der Waals surface area contributed by atoms with Crippen LogP contribution in [0.1, 0.15) is 12.8 Å². The van der Waals surface area contributed by atoms with E-state index in [4.69, 9.17) is 5.11 Å². The largest absolute Gasteiger partial charge is 0.480 e. The van der Waals surface area contributed by atoms with Gasteiger partial charge in [0.15, 0.2) is 0 Å². The molecule has 1 N–H and O–H groups in total. The Morgan fingerprint density at radius 2 is 2.20 bits per heavy atom. The molecule has 0 aromatic carbocycles. The first-order valence-electron chi connectivity index (χ1n) is 4.65. The summed E-state index contributed by atoms with van der Waals surface area (Å²) in [6, 6.07) is -0.480. The zero-order valence-corrected chi connectivity index (χ0v) is 9.51. The van der Waals surface area contributed by atoms with Crippen molar-refractivity contribution in [3.63, 3.8) is 0 Å². The Balaban J connectivity index is 2.22. The van der Waals surface area contributed by atoms with E-state index in [-0.39, 0.29) is 0 Å². The molecule has 80 valence electrons. The van der Waals surface area contributed by atoms with Crippen LogP contribution >= 0.6 is 15.9 Å². The molecule has 0 unspecified atom stereocenters. The van der Waals surface area contributed by atoms with Crippen LogP contribution in [0, 0.1) is 0 Å². The summed E-state index contributed by atoms with van der Waals surface area (Å²) in [7, 11) is 0. The van der Waals surface area contributed by atoms with E-state index >= 15 is 0 Å². The van der Waals surface area contributed by atoms with Crippen LogP contribution in [0.4, 0.5) is 5.95 Å². The second-order valence-electron chi connectivity index (χ2n) is 3.39. The standard InChI is InChI=1S/C9H10BrN3O2/c10-6-4-11-9(12-5-6)13-3-1-2-7(13)8(14)15/h4-5,7H,1-3H2,(H,14,15)/t7-/m0/s1. The molecule has 0 aliphatic carbocycles. The highest BCUT2D eigenvalue weighted by Crippen LogP contribution is 2.22. The van der Waals surface area contributed by atoms with Crippen LogP contribution in [-0.2, 0) is 4.79 Å². The van der Waals surface area contributed by atoms with Crippen LogP contribution in [0.3, 0.4) is 0 Å². The van der Waals surface area contributed by atoms with Crippen LogP contribution in [0.5, 0.6) is 0 Å². The summed E-state index contributed by atoms with van der Waals surface area (Å²) in [5.74, 6) is -0.317. The fourth-order valence-corrected chi connectivity index (χ4v) is 1.92. The minimum absolute atomic E-state index is 0.480. The lowest BCUT2D eigenvalue weighted by molar-refractivity contribution is -0.138. The number of nitrogens with zero attached hydrogens (tertiary/aromatic N) is 3. The van der Waals surface area contributed by atoms with Crippen LogP contribution < -0.4 is 4.90 Å². The lowest BCUT2D eigenvalue weighted by atomic mass is 10.2. The summed E-state index contributed by atoms with van der Waals surface area (Å²) in [4.78, 5) is 20.9. The van der Waals surface area contributed by atoms with E-state index in [9.17, 15) is 4.79 Å². The quantitative estimate of drug-likeness (QED) is 0.878. The monoisotopic (exact) mass is 271 g/mol. The molecule has 1 aliphatic rings. The van der Waals surface area contributed by atoms with Crippen molar-refractivity contribution in [2.24, 2.45) is 0 Å². The smallest absolute Gasteiger partial charge is 0.326 e. The molecule has 0 spiro atoms. The zero-order chi connectivity index (χ0) is 10.8. The van der Waals surface area contributed by atoms with Gasteiger partial charge in [-0.1, -0.05) is 0 Å². The predicted molar refractivity (Wildman–Crippen MR) is 57.7 cm³/mol. The number of carboxylic acids is 1. The molecule has 0 saturated carbocycles. The molecule has 1 aromatic rings. The molecular formula is C9H10BrN3O2. The van der Waals surface area contributed by atoms with Crippen molar-refractivity contribution in [3.8, 4) is 0 Å². The van der Waals surface area contributed by atoms with Gasteiger partial charge in [0.1, 0.15) is 6.04 Å². The SMILES string of the molecule is O=C(O)[C@@H]1CCCN1c1ncc(Br)cn1. The maximum atomic E-state index is 10.9. The Hall–Kier alpha value is -1.17. The van der Waals surface area contributed by atoms with Gasteiger partial charge in [0, 0.05) is 18.9 Å². The molecule has 0 bridgehead atoms. The van der Waals surface area contributed by atoms with Crippen molar-refractivity contribution in [1.82, 2.24) is 9.97 Å². The third kappa shape index (κ3) is 2.09. The highest BCUT2D eigenvalue weighted by atomic mass is 79.9. The van der Waals surface area contributed by atoms with E-state index < -0.39 is 12.0 Å². The van der Waals surface area contributed by atoms with Crippen molar-refractivity contribution >= 4 is 27.8 Å². The van der Waals surface area contributed by atoms with Gasteiger partial charge < -0.3 is 10.0 Å². The second kappa shape index (κ2) is 4.14. The van der Waals surface area contributed by atoms with E-state index in [2.05, 4.69) is 25.9 Å². The van der Waals surface area contributed by atoms with E-state index in [1.54, 1.807) is 17.3 Å². The van der Waals surface area contributed by atoms with Gasteiger partial charge in [-0.05, 0) is 28.8 Å². The zero-order valence-electron chi connectivity index (χ0n) is 7.93. The summed E-state index contributed by atoms with van der Waals surface area (Å²) in [6.45, 7) is 0.707. The minimum Gasteiger partial charge on any atom is -0.480 e. The normalized spacial score (nSPS) is 20.6. The number of aromatic nitrogens is 2. The third-order valence-electron chi connectivity index (χ3n) is 2.40. The van der Waals surface area contributed by atoms with E-state index in [1.165, 1.54) is 0 Å². The van der Waals surface area contributed by atoms with Crippen molar-refractivity contribution in [3.05, 3.63) is 16.9 Å². The van der Waals surface area contributed by atoms with E-state index in [1.807, 2.05) is 0 Å². The molecule has 2 heterocycles. The highest BCUT2D eigenvalue weighted by molar-refractivity contribution is 9.10. The summed E-state index contributed by atoms with van der Waals surface area (Å²) < 4.78 is 0.789. The molecule has 0 amide bonds. The van der Waals surface area contributed by atoms with Crippen LogP contribution in [-0.4, -0.2) is 33.6 Å². The fourth-order valence-electron chi connectivity index (χ4n) is 1.72. The summed E-state index contributed by atoms with van der Waals surface area (Å²) in [5.41, 5.74) is 0. The van der Waals surface area contributed by atoms with Crippen molar-refractivity contribution in [2.75, 3.05) is 11.4 Å². The highest BCUT2D eigenvalue weighted by Gasteiger charge is 2.31. The first-order chi connectivity index (χ1) is 7.18. The lowest BCUT2D eigenvalue weighted by Crippen LogP contribution is -2.36. The number of aliphatic carboxylic acids is 1. The minimum atomic E-state index is -0.806. The molecule has 5 nitrogen and oxygen atoms in total. The third-order valence-corrected chi connectivity index (χ3v) is 2.81. The van der Waals surface area contributed by atoms with Gasteiger partial charge in [0.25, 0.3) is 0 Å². The number of halogens is 1. The van der Waals surface area contributed by atoms with Gasteiger partial charge in [0.2, 0.25) is 5.95 Å². The van der Waals surface area contributed by atoms with Crippen molar-refractivity contribution < 1.29 is 9.90 Å². The van der Waals surface area contributed by atoms with Gasteiger partial charge in [-0.3, -0.25) is 0 Å². The Kier molecular flexibility index (Phi) is 2.86. The number of carbonyl (C=O) groups is 1. The van der Waals surface area contributed by atoms with Gasteiger partial charge >= 0.3 is 5.97 Å². The topological polar surface area (TPSA) is 66.3 Å². The summed E-state index contributed by atoms with van der Waals surface area (Å²) in [5, 5.41) is 8.99. The molecular weight excluding hydrogens is 262 g/mol. The van der Waals surface area contributed by atoms with Gasteiger partial charge in [-0.2, -0.15) is 0 Å². The molecule has 1 atom stereocenters. The number of hydrogen-bond acceptors (Lipinski definition) is 4. The molecule has 6 heteroatoms. The number of rotatable bonds is 2. The molecule has 1 fully saturated rings. The first kappa shape index (κ1) is 10.4. The average Bonchev–Trinajstić information content (AvgIpc) is 2.67. The Labute approximate surface area is 95.3 Å². The maximum absolute atomic E-state index is 10.9.